The summed E-state index contributed by atoms with van der Waals surface area (Å²) in [6, 6.07) is 11.7. The third-order valence-electron chi connectivity index (χ3n) is 1.97. The molecule has 3 nitrogen and oxygen atoms in total. The summed E-state index contributed by atoms with van der Waals surface area (Å²) in [7, 11) is 0. The number of fused-ring (bicyclic) bond motifs is 1. The lowest BCUT2D eigenvalue weighted by Gasteiger charge is -1.94. The summed E-state index contributed by atoms with van der Waals surface area (Å²) in [5.74, 6) is 0. The van der Waals surface area contributed by atoms with Gasteiger partial charge in [-0.25, -0.2) is 9.97 Å². The number of nitrogens with zero attached hydrogens (tertiary/aromatic N) is 2. The molecule has 0 saturated carbocycles. The van der Waals surface area contributed by atoms with E-state index in [2.05, 4.69) is 15.0 Å². The fourth-order valence-corrected chi connectivity index (χ4v) is 1.41. The van der Waals surface area contributed by atoms with Gasteiger partial charge in [-0.3, -0.25) is 0 Å². The Labute approximate surface area is 98.1 Å². The smallest absolute Gasteiger partial charge is 0.129 e. The van der Waals surface area contributed by atoms with Gasteiger partial charge in [0, 0.05) is 17.8 Å². The quantitative estimate of drug-likeness (QED) is 0.603. The molecule has 80 valence electrons. The molecule has 0 aliphatic heterocycles. The van der Waals surface area contributed by atoms with Crippen molar-refractivity contribution >= 4 is 22.5 Å². The third kappa shape index (κ3) is 2.81. The van der Waals surface area contributed by atoms with Gasteiger partial charge in [0.15, 0.2) is 0 Å². The number of halogens is 1. The monoisotopic (exact) mass is 231 g/mol. The number of imidazole rings is 1. The Kier molecular flexibility index (Phi) is 3.51. The molecule has 2 heterocycles. The Morgan fingerprint density at radius 3 is 2.62 bits per heavy atom. The average molecular weight is 232 g/mol. The van der Waals surface area contributed by atoms with Gasteiger partial charge in [0.1, 0.15) is 5.15 Å². The van der Waals surface area contributed by atoms with Crippen molar-refractivity contribution in [2.75, 3.05) is 0 Å². The molecule has 0 radical (unpaired) electrons. The number of aromatic nitrogens is 3. The van der Waals surface area contributed by atoms with Crippen LogP contribution in [0.2, 0.25) is 5.15 Å². The second-order valence-corrected chi connectivity index (χ2v) is 3.47. The highest BCUT2D eigenvalue weighted by atomic mass is 35.5. The molecular formula is C12H10ClN3. The zero-order chi connectivity index (χ0) is 11.2. The van der Waals surface area contributed by atoms with Crippen LogP contribution in [0.15, 0.2) is 55.1 Å². The van der Waals surface area contributed by atoms with Gasteiger partial charge in [-0.15, -0.1) is 0 Å². The fraction of sp³-hybridized carbons (Fsp3) is 0. The lowest BCUT2D eigenvalue weighted by Crippen LogP contribution is -1.76. The minimum absolute atomic E-state index is 0.545. The lowest BCUT2D eigenvalue weighted by molar-refractivity contribution is 1.31. The van der Waals surface area contributed by atoms with Crippen molar-refractivity contribution in [1.29, 1.82) is 0 Å². The number of benzene rings is 1. The summed E-state index contributed by atoms with van der Waals surface area (Å²) >= 11 is 5.71. The SMILES string of the molecule is Clc1ccc2ccccc2n1.c1c[nH]cn1. The van der Waals surface area contributed by atoms with E-state index in [4.69, 9.17) is 11.6 Å². The summed E-state index contributed by atoms with van der Waals surface area (Å²) in [6.45, 7) is 0. The zero-order valence-electron chi connectivity index (χ0n) is 8.47. The van der Waals surface area contributed by atoms with Crippen LogP contribution >= 0.6 is 11.6 Å². The first kappa shape index (κ1) is 10.6. The number of pyridine rings is 1. The topological polar surface area (TPSA) is 41.6 Å². The van der Waals surface area contributed by atoms with Gasteiger partial charge in [-0.05, 0) is 18.2 Å². The molecule has 0 spiro atoms. The van der Waals surface area contributed by atoms with Crippen molar-refractivity contribution in [2.45, 2.75) is 0 Å². The molecule has 0 fully saturated rings. The molecule has 0 amide bonds. The van der Waals surface area contributed by atoms with E-state index in [9.17, 15) is 0 Å². The van der Waals surface area contributed by atoms with Crippen molar-refractivity contribution in [2.24, 2.45) is 0 Å². The third-order valence-corrected chi connectivity index (χ3v) is 2.18. The van der Waals surface area contributed by atoms with Crippen LogP contribution in [0.1, 0.15) is 0 Å². The van der Waals surface area contributed by atoms with Crippen LogP contribution in [0.3, 0.4) is 0 Å². The Morgan fingerprint density at radius 2 is 1.94 bits per heavy atom. The number of rotatable bonds is 0. The second kappa shape index (κ2) is 5.28. The van der Waals surface area contributed by atoms with Crippen molar-refractivity contribution in [3.63, 3.8) is 0 Å². The van der Waals surface area contributed by atoms with Crippen LogP contribution < -0.4 is 0 Å². The average Bonchev–Trinajstić information content (AvgIpc) is 2.87. The number of hydrogen-bond acceptors (Lipinski definition) is 2. The maximum Gasteiger partial charge on any atom is 0.129 e. The van der Waals surface area contributed by atoms with E-state index in [1.165, 1.54) is 0 Å². The van der Waals surface area contributed by atoms with Gasteiger partial charge in [0.2, 0.25) is 0 Å². The van der Waals surface area contributed by atoms with Crippen molar-refractivity contribution in [1.82, 2.24) is 15.0 Å². The molecule has 1 aromatic carbocycles. The first-order valence-corrected chi connectivity index (χ1v) is 5.18. The lowest BCUT2D eigenvalue weighted by atomic mass is 10.2. The Hall–Kier alpha value is -1.87. The molecular weight excluding hydrogens is 222 g/mol. The van der Waals surface area contributed by atoms with Gasteiger partial charge in [-0.1, -0.05) is 29.8 Å². The van der Waals surface area contributed by atoms with Gasteiger partial charge >= 0.3 is 0 Å². The van der Waals surface area contributed by atoms with E-state index in [1.54, 1.807) is 24.8 Å². The molecule has 16 heavy (non-hydrogen) atoms. The molecule has 0 aliphatic rings. The van der Waals surface area contributed by atoms with E-state index in [-0.39, 0.29) is 0 Å². The number of nitrogens with one attached hydrogen (secondary N) is 1. The number of hydrogen-bond donors (Lipinski definition) is 1. The van der Waals surface area contributed by atoms with E-state index in [0.717, 1.165) is 10.9 Å². The second-order valence-electron chi connectivity index (χ2n) is 3.09. The van der Waals surface area contributed by atoms with E-state index < -0.39 is 0 Å². The molecule has 2 aromatic heterocycles. The Morgan fingerprint density at radius 1 is 1.06 bits per heavy atom. The molecule has 0 saturated heterocycles. The summed E-state index contributed by atoms with van der Waals surface area (Å²) in [6.07, 6.45) is 5.08. The van der Waals surface area contributed by atoms with Crippen LogP contribution in [0.5, 0.6) is 0 Å². The molecule has 0 atom stereocenters. The predicted molar refractivity (Wildman–Crippen MR) is 65.3 cm³/mol. The fourth-order valence-electron chi connectivity index (χ4n) is 1.26. The number of H-pyrrole nitrogens is 1. The molecule has 1 N–H and O–H groups in total. The van der Waals surface area contributed by atoms with Crippen LogP contribution in [0.25, 0.3) is 10.9 Å². The molecule has 0 unspecified atom stereocenters. The van der Waals surface area contributed by atoms with E-state index in [0.29, 0.717) is 5.15 Å². The van der Waals surface area contributed by atoms with Crippen LogP contribution in [-0.2, 0) is 0 Å². The minimum Gasteiger partial charge on any atom is -0.351 e. The summed E-state index contributed by atoms with van der Waals surface area (Å²) in [5, 5.41) is 1.67. The Bertz CT molecular complexity index is 532. The summed E-state index contributed by atoms with van der Waals surface area (Å²) < 4.78 is 0. The molecule has 0 bridgehead atoms. The highest BCUT2D eigenvalue weighted by Crippen LogP contribution is 2.13. The largest absolute Gasteiger partial charge is 0.351 e. The standard InChI is InChI=1S/C9H6ClN.C3H4N2/c10-9-6-5-7-3-1-2-4-8(7)11-9;1-2-5-3-4-1/h1-6H;1-3H,(H,4,5). The maximum atomic E-state index is 5.71. The Balaban J connectivity index is 0.000000162. The molecule has 3 rings (SSSR count). The van der Waals surface area contributed by atoms with Crippen molar-refractivity contribution in [3.05, 3.63) is 60.3 Å². The highest BCUT2D eigenvalue weighted by molar-refractivity contribution is 6.29. The minimum atomic E-state index is 0.545. The van der Waals surface area contributed by atoms with E-state index in [1.807, 2.05) is 30.3 Å². The van der Waals surface area contributed by atoms with Gasteiger partial charge in [0.05, 0.1) is 11.8 Å². The molecule has 0 aliphatic carbocycles. The van der Waals surface area contributed by atoms with Gasteiger partial charge < -0.3 is 4.98 Å². The summed E-state index contributed by atoms with van der Waals surface area (Å²) in [5.41, 5.74) is 0.944. The van der Waals surface area contributed by atoms with Crippen LogP contribution in [0, 0.1) is 0 Å². The predicted octanol–water partition coefficient (Wildman–Crippen LogP) is 3.30. The first-order chi connectivity index (χ1) is 7.86. The first-order valence-electron chi connectivity index (χ1n) is 4.80. The molecule has 4 heteroatoms. The van der Waals surface area contributed by atoms with Gasteiger partial charge in [0.25, 0.3) is 0 Å². The molecule has 3 aromatic rings. The van der Waals surface area contributed by atoms with Crippen molar-refractivity contribution in [3.8, 4) is 0 Å². The van der Waals surface area contributed by atoms with E-state index >= 15 is 0 Å². The van der Waals surface area contributed by atoms with Crippen LogP contribution in [0.4, 0.5) is 0 Å². The summed E-state index contributed by atoms with van der Waals surface area (Å²) in [4.78, 5) is 10.6. The number of para-hydroxylation sites is 1. The zero-order valence-corrected chi connectivity index (χ0v) is 9.22. The van der Waals surface area contributed by atoms with Crippen LogP contribution in [-0.4, -0.2) is 15.0 Å². The van der Waals surface area contributed by atoms with Gasteiger partial charge in [-0.2, -0.15) is 0 Å². The highest BCUT2D eigenvalue weighted by Gasteiger charge is 1.92. The van der Waals surface area contributed by atoms with Crippen molar-refractivity contribution < 1.29 is 0 Å². The normalized spacial score (nSPS) is 9.56. The number of aromatic amines is 1. The maximum absolute atomic E-state index is 5.71.